The topological polar surface area (TPSA) is 0 Å². The molecule has 1 aliphatic rings. The predicted octanol–water partition coefficient (Wildman–Crippen LogP) is 5.27. The number of halogens is 1. The summed E-state index contributed by atoms with van der Waals surface area (Å²) in [6.45, 7) is 11.9. The number of hydrogen-bond donors (Lipinski definition) is 0. The van der Waals surface area contributed by atoms with Crippen LogP contribution in [0.3, 0.4) is 0 Å². The van der Waals surface area contributed by atoms with E-state index in [1.807, 2.05) is 0 Å². The summed E-state index contributed by atoms with van der Waals surface area (Å²) in [6, 6.07) is 0. The minimum Gasteiger partial charge on any atom is -0.168 e. The van der Waals surface area contributed by atoms with Crippen LogP contribution in [0.4, 0.5) is 0 Å². The summed E-state index contributed by atoms with van der Waals surface area (Å²) >= 11 is 6.76. The summed E-state index contributed by atoms with van der Waals surface area (Å²) in [5.74, 6) is 0. The molecule has 0 saturated carbocycles. The Labute approximate surface area is 108 Å². The molecule has 3 heteroatoms. The average Bonchev–Trinajstić information content (AvgIpc) is 2.64. The van der Waals surface area contributed by atoms with Gasteiger partial charge >= 0.3 is 0 Å². The van der Waals surface area contributed by atoms with E-state index in [-0.39, 0.29) is 0 Å². The zero-order chi connectivity index (χ0) is 12.4. The van der Waals surface area contributed by atoms with E-state index in [0.29, 0.717) is 0 Å². The molecule has 0 radical (unpaired) electrons. The molecule has 0 spiro atoms. The second-order valence-electron chi connectivity index (χ2n) is 5.92. The molecule has 0 fully saturated rings. The Balaban J connectivity index is 2.96. The lowest BCUT2D eigenvalue weighted by Gasteiger charge is -2.39. The Morgan fingerprint density at radius 2 is 1.94 bits per heavy atom. The highest BCUT2D eigenvalue weighted by Crippen LogP contribution is 2.42. The first-order valence-corrected chi connectivity index (χ1v) is 13.5. The van der Waals surface area contributed by atoms with E-state index in [1.165, 1.54) is 12.8 Å². The minimum absolute atomic E-state index is 0.792. The molecule has 0 aromatic heterocycles. The molecule has 1 aliphatic carbocycles. The van der Waals surface area contributed by atoms with Gasteiger partial charge in [0.1, 0.15) is 0 Å². The molecule has 92 valence electrons. The fraction of sp³-hybridized carbons (Fsp3) is 0.692. The van der Waals surface area contributed by atoms with Gasteiger partial charge in [0, 0.05) is 0 Å². The highest BCUT2D eigenvalue weighted by molar-refractivity contribution is 7.25. The van der Waals surface area contributed by atoms with Crippen molar-refractivity contribution in [1.82, 2.24) is 0 Å². The van der Waals surface area contributed by atoms with Crippen LogP contribution in [0.2, 0.25) is 31.4 Å². The Hall–Kier alpha value is 0.204. The van der Waals surface area contributed by atoms with Crippen LogP contribution in [0, 0.1) is 0 Å². The predicted molar refractivity (Wildman–Crippen MR) is 81.3 cm³/mol. The monoisotopic (exact) mass is 272 g/mol. The summed E-state index contributed by atoms with van der Waals surface area (Å²) in [7, 11) is -2.90. The third-order valence-corrected chi connectivity index (χ3v) is 15.3. The van der Waals surface area contributed by atoms with Crippen LogP contribution in [-0.4, -0.2) is 15.5 Å². The van der Waals surface area contributed by atoms with Gasteiger partial charge in [0.05, 0.1) is 8.07 Å². The van der Waals surface area contributed by atoms with E-state index in [2.05, 4.69) is 51.3 Å². The Morgan fingerprint density at radius 3 is 2.31 bits per heavy atom. The van der Waals surface area contributed by atoms with Crippen molar-refractivity contribution in [3.05, 3.63) is 23.4 Å². The van der Waals surface area contributed by atoms with Crippen LogP contribution in [0.15, 0.2) is 23.4 Å². The van der Waals surface area contributed by atoms with Gasteiger partial charge in [-0.1, -0.05) is 69.4 Å². The van der Waals surface area contributed by atoms with Crippen molar-refractivity contribution >= 4 is 26.5 Å². The number of rotatable bonds is 5. The molecule has 16 heavy (non-hydrogen) atoms. The quantitative estimate of drug-likeness (QED) is 0.472. The van der Waals surface area contributed by atoms with E-state index in [4.69, 9.17) is 11.1 Å². The van der Waals surface area contributed by atoms with Gasteiger partial charge in [-0.15, -0.1) is 0 Å². The van der Waals surface area contributed by atoms with Crippen LogP contribution in [-0.2, 0) is 0 Å². The SMILES string of the molecule is CCCC([Si](C)(C)Cl)[Si](C)(C)C1=CCC=C1. The van der Waals surface area contributed by atoms with Crippen molar-refractivity contribution < 1.29 is 0 Å². The molecule has 0 saturated heterocycles. The van der Waals surface area contributed by atoms with Crippen LogP contribution in [0.1, 0.15) is 26.2 Å². The van der Waals surface area contributed by atoms with Crippen LogP contribution in [0.25, 0.3) is 0 Å². The Bertz CT molecular complexity index is 298. The van der Waals surface area contributed by atoms with Crippen molar-refractivity contribution in [1.29, 1.82) is 0 Å². The first kappa shape index (κ1) is 14.3. The lowest BCUT2D eigenvalue weighted by Crippen LogP contribution is -2.45. The molecule has 0 aromatic carbocycles. The summed E-state index contributed by atoms with van der Waals surface area (Å²) in [6.07, 6.45) is 10.8. The highest BCUT2D eigenvalue weighted by atomic mass is 35.6. The summed E-state index contributed by atoms with van der Waals surface area (Å²) in [5.41, 5.74) is 0. The highest BCUT2D eigenvalue weighted by Gasteiger charge is 2.43. The molecule has 1 rings (SSSR count). The van der Waals surface area contributed by atoms with Crippen molar-refractivity contribution in [2.45, 2.75) is 57.5 Å². The molecule has 1 atom stereocenters. The summed E-state index contributed by atoms with van der Waals surface area (Å²) in [5, 5.41) is 2.42. The van der Waals surface area contributed by atoms with Gasteiger partial charge in [0.15, 0.2) is 7.38 Å². The zero-order valence-corrected chi connectivity index (χ0v) is 14.1. The van der Waals surface area contributed by atoms with E-state index < -0.39 is 15.5 Å². The number of allylic oxidation sites excluding steroid dienone is 4. The first-order chi connectivity index (χ1) is 7.30. The lowest BCUT2D eigenvalue weighted by atomic mass is 10.4. The fourth-order valence-corrected chi connectivity index (χ4v) is 16.7. The van der Waals surface area contributed by atoms with Crippen LogP contribution < -0.4 is 0 Å². The normalized spacial score (nSPS) is 18.8. The molecular formula is C13H25ClSi2. The van der Waals surface area contributed by atoms with E-state index in [1.54, 1.807) is 5.20 Å². The van der Waals surface area contributed by atoms with Gasteiger partial charge in [-0.05, 0) is 11.6 Å². The second kappa shape index (κ2) is 5.24. The molecule has 0 nitrogen and oxygen atoms in total. The molecule has 0 heterocycles. The van der Waals surface area contributed by atoms with Crippen molar-refractivity contribution in [3.8, 4) is 0 Å². The Kier molecular flexibility index (Phi) is 4.67. The molecule has 0 amide bonds. The van der Waals surface area contributed by atoms with Gasteiger partial charge in [-0.2, -0.15) is 11.1 Å². The molecule has 0 aromatic rings. The minimum atomic E-state index is -1.55. The van der Waals surface area contributed by atoms with Gasteiger partial charge in [-0.25, -0.2) is 0 Å². The summed E-state index contributed by atoms with van der Waals surface area (Å²) in [4.78, 5) is 0. The molecule has 1 unspecified atom stereocenters. The Morgan fingerprint density at radius 1 is 1.31 bits per heavy atom. The van der Waals surface area contributed by atoms with E-state index >= 15 is 0 Å². The average molecular weight is 273 g/mol. The molecule has 0 bridgehead atoms. The fourth-order valence-electron chi connectivity index (χ4n) is 2.99. The smallest absolute Gasteiger partial charge is 0.151 e. The molecular weight excluding hydrogens is 248 g/mol. The standard InChI is InChI=1S/C13H25ClSi2/c1-6-9-13(16(4,5)14)15(2,3)12-10-7-8-11-12/h7,10-11,13H,6,8-9H2,1-5H3. The number of hydrogen-bond acceptors (Lipinski definition) is 0. The van der Waals surface area contributed by atoms with E-state index in [0.717, 1.165) is 11.6 Å². The van der Waals surface area contributed by atoms with Crippen molar-refractivity contribution in [2.75, 3.05) is 0 Å². The maximum Gasteiger partial charge on any atom is 0.151 e. The van der Waals surface area contributed by atoms with Gasteiger partial charge in [0.2, 0.25) is 0 Å². The third-order valence-electron chi connectivity index (χ3n) is 3.79. The van der Waals surface area contributed by atoms with Crippen LogP contribution in [0.5, 0.6) is 0 Å². The zero-order valence-electron chi connectivity index (χ0n) is 11.3. The second-order valence-corrected chi connectivity index (χ2v) is 18.0. The van der Waals surface area contributed by atoms with Crippen molar-refractivity contribution in [2.24, 2.45) is 0 Å². The van der Waals surface area contributed by atoms with E-state index in [9.17, 15) is 0 Å². The molecule has 0 N–H and O–H groups in total. The maximum atomic E-state index is 6.76. The molecule has 0 aliphatic heterocycles. The largest absolute Gasteiger partial charge is 0.168 e. The van der Waals surface area contributed by atoms with Gasteiger partial charge < -0.3 is 0 Å². The van der Waals surface area contributed by atoms with Gasteiger partial charge in [0.25, 0.3) is 0 Å². The van der Waals surface area contributed by atoms with Crippen LogP contribution >= 0.6 is 11.1 Å². The lowest BCUT2D eigenvalue weighted by molar-refractivity contribution is 0.820. The van der Waals surface area contributed by atoms with Gasteiger partial charge in [-0.3, -0.25) is 0 Å². The summed E-state index contributed by atoms with van der Waals surface area (Å²) < 4.78 is 0. The maximum absolute atomic E-state index is 6.76. The third kappa shape index (κ3) is 3.11. The van der Waals surface area contributed by atoms with Crippen molar-refractivity contribution in [3.63, 3.8) is 0 Å². The first-order valence-electron chi connectivity index (χ1n) is 6.36.